The Morgan fingerprint density at radius 1 is 0.933 bits per heavy atom. The highest BCUT2D eigenvalue weighted by Crippen LogP contribution is 2.31. The molecule has 0 aliphatic heterocycles. The highest BCUT2D eigenvalue weighted by Gasteiger charge is 2.07. The third-order valence-corrected chi connectivity index (χ3v) is 2.86. The molecule has 0 radical (unpaired) electrons. The Kier molecular flexibility index (Phi) is 1.63. The van der Waals surface area contributed by atoms with Crippen molar-refractivity contribution in [2.24, 2.45) is 0 Å². The van der Waals surface area contributed by atoms with E-state index in [-0.39, 0.29) is 0 Å². The third kappa shape index (κ3) is 1.16. The Morgan fingerprint density at radius 3 is 2.67 bits per heavy atom. The number of aryl methyl sites for hydroxylation is 2. The lowest BCUT2D eigenvalue weighted by atomic mass is 10.1. The Hall–Kier alpha value is -1.76. The summed E-state index contributed by atoms with van der Waals surface area (Å²) in [5.41, 5.74) is 4.51. The molecule has 15 heavy (non-hydrogen) atoms. The normalized spacial score (nSPS) is 11.3. The van der Waals surface area contributed by atoms with Crippen LogP contribution in [0.25, 0.3) is 21.9 Å². The van der Waals surface area contributed by atoms with E-state index in [9.17, 15) is 0 Å². The van der Waals surface area contributed by atoms with Gasteiger partial charge < -0.3 is 4.42 Å². The summed E-state index contributed by atoms with van der Waals surface area (Å²) in [7, 11) is 0. The van der Waals surface area contributed by atoms with Gasteiger partial charge in [0.15, 0.2) is 0 Å². The van der Waals surface area contributed by atoms with E-state index >= 15 is 0 Å². The predicted molar refractivity (Wildman–Crippen MR) is 63.2 cm³/mol. The maximum absolute atomic E-state index is 5.79. The van der Waals surface area contributed by atoms with Crippen LogP contribution in [0.1, 0.15) is 11.1 Å². The Balaban J connectivity index is 2.61. The zero-order chi connectivity index (χ0) is 10.4. The minimum Gasteiger partial charge on any atom is -0.456 e. The average molecular weight is 196 g/mol. The van der Waals surface area contributed by atoms with Crippen LogP contribution in [0.5, 0.6) is 0 Å². The molecule has 0 saturated carbocycles. The first-order valence-corrected chi connectivity index (χ1v) is 5.14. The van der Waals surface area contributed by atoms with Crippen LogP contribution in [0.2, 0.25) is 0 Å². The number of benzene rings is 2. The summed E-state index contributed by atoms with van der Waals surface area (Å²) >= 11 is 0. The Morgan fingerprint density at radius 2 is 1.80 bits per heavy atom. The van der Waals surface area contributed by atoms with Gasteiger partial charge in [-0.1, -0.05) is 23.8 Å². The van der Waals surface area contributed by atoms with Gasteiger partial charge in [-0.25, -0.2) is 0 Å². The number of rotatable bonds is 0. The lowest BCUT2D eigenvalue weighted by molar-refractivity contribution is 0.668. The third-order valence-electron chi connectivity index (χ3n) is 2.86. The first kappa shape index (κ1) is 8.54. The molecule has 0 saturated heterocycles. The first-order valence-electron chi connectivity index (χ1n) is 5.14. The zero-order valence-electron chi connectivity index (χ0n) is 8.87. The van der Waals surface area contributed by atoms with E-state index in [0.717, 1.165) is 11.2 Å². The van der Waals surface area contributed by atoms with Crippen LogP contribution in [0, 0.1) is 13.8 Å². The molecule has 1 nitrogen and oxygen atoms in total. The minimum absolute atomic E-state index is 0.977. The molecule has 0 aliphatic rings. The van der Waals surface area contributed by atoms with Gasteiger partial charge in [-0.3, -0.25) is 0 Å². The lowest BCUT2D eigenvalue weighted by Crippen LogP contribution is -1.74. The molecule has 0 amide bonds. The van der Waals surface area contributed by atoms with E-state index < -0.39 is 0 Å². The van der Waals surface area contributed by atoms with Crippen molar-refractivity contribution in [2.75, 3.05) is 0 Å². The van der Waals surface area contributed by atoms with Gasteiger partial charge in [-0.15, -0.1) is 0 Å². The molecule has 1 heterocycles. The molecule has 0 fully saturated rings. The second kappa shape index (κ2) is 2.86. The molecule has 0 aliphatic carbocycles. The largest absolute Gasteiger partial charge is 0.456 e. The molecule has 1 heteroatoms. The molecule has 0 N–H and O–H groups in total. The van der Waals surface area contributed by atoms with Gasteiger partial charge in [0.2, 0.25) is 0 Å². The van der Waals surface area contributed by atoms with Crippen molar-refractivity contribution in [3.05, 3.63) is 47.5 Å². The van der Waals surface area contributed by atoms with E-state index in [2.05, 4.69) is 32.0 Å². The molecule has 3 rings (SSSR count). The van der Waals surface area contributed by atoms with Crippen molar-refractivity contribution in [1.82, 2.24) is 0 Å². The van der Waals surface area contributed by atoms with E-state index in [0.29, 0.717) is 0 Å². The number of hydrogen-bond donors (Lipinski definition) is 0. The molecule has 2 aromatic carbocycles. The van der Waals surface area contributed by atoms with Gasteiger partial charge in [0, 0.05) is 10.8 Å². The van der Waals surface area contributed by atoms with E-state index in [1.54, 1.807) is 0 Å². The van der Waals surface area contributed by atoms with Crippen LogP contribution in [0.15, 0.2) is 40.8 Å². The smallest absolute Gasteiger partial charge is 0.135 e. The van der Waals surface area contributed by atoms with E-state index in [1.807, 2.05) is 18.2 Å². The fourth-order valence-electron chi connectivity index (χ4n) is 2.12. The van der Waals surface area contributed by atoms with Crippen molar-refractivity contribution < 1.29 is 4.42 Å². The van der Waals surface area contributed by atoms with Crippen LogP contribution in [0.4, 0.5) is 0 Å². The minimum atomic E-state index is 0.977. The summed E-state index contributed by atoms with van der Waals surface area (Å²) in [5.74, 6) is 0. The molecule has 0 unspecified atom stereocenters. The maximum atomic E-state index is 5.79. The van der Waals surface area contributed by atoms with Crippen molar-refractivity contribution in [2.45, 2.75) is 13.8 Å². The predicted octanol–water partition coefficient (Wildman–Crippen LogP) is 4.20. The fraction of sp³-hybridized carbons (Fsp3) is 0.143. The summed E-state index contributed by atoms with van der Waals surface area (Å²) in [5, 5.41) is 2.47. The monoisotopic (exact) mass is 196 g/mol. The van der Waals surface area contributed by atoms with Gasteiger partial charge in [-0.05, 0) is 37.6 Å². The molecular weight excluding hydrogens is 184 g/mol. The summed E-state index contributed by atoms with van der Waals surface area (Å²) in [6.45, 7) is 4.23. The van der Waals surface area contributed by atoms with Gasteiger partial charge >= 0.3 is 0 Å². The van der Waals surface area contributed by atoms with Crippen LogP contribution < -0.4 is 0 Å². The van der Waals surface area contributed by atoms with Crippen molar-refractivity contribution in [1.29, 1.82) is 0 Å². The van der Waals surface area contributed by atoms with Gasteiger partial charge in [0.1, 0.15) is 11.2 Å². The van der Waals surface area contributed by atoms with Crippen LogP contribution >= 0.6 is 0 Å². The average Bonchev–Trinajstić information content (AvgIpc) is 2.57. The number of fused-ring (bicyclic) bond motifs is 3. The first-order chi connectivity index (χ1) is 7.25. The molecule has 0 bridgehead atoms. The SMILES string of the molecule is Cc1ccc2oc3cccc(C)c3c2c1. The van der Waals surface area contributed by atoms with Crippen LogP contribution in [-0.2, 0) is 0 Å². The lowest BCUT2D eigenvalue weighted by Gasteiger charge is -1.95. The summed E-state index contributed by atoms with van der Waals surface area (Å²) < 4.78 is 5.79. The Labute approximate surface area is 88.3 Å². The highest BCUT2D eigenvalue weighted by molar-refractivity contribution is 6.06. The van der Waals surface area contributed by atoms with Crippen molar-refractivity contribution in [3.8, 4) is 0 Å². The number of hydrogen-bond acceptors (Lipinski definition) is 1. The fourth-order valence-corrected chi connectivity index (χ4v) is 2.12. The second-order valence-corrected chi connectivity index (χ2v) is 4.05. The standard InChI is InChI=1S/C14H12O/c1-9-6-7-12-11(8-9)14-10(2)4-3-5-13(14)15-12/h3-8H,1-2H3. The van der Waals surface area contributed by atoms with Crippen LogP contribution in [-0.4, -0.2) is 0 Å². The molecule has 3 aromatic rings. The highest BCUT2D eigenvalue weighted by atomic mass is 16.3. The van der Waals surface area contributed by atoms with Crippen molar-refractivity contribution in [3.63, 3.8) is 0 Å². The van der Waals surface area contributed by atoms with Crippen molar-refractivity contribution >= 4 is 21.9 Å². The Bertz CT molecular complexity index is 647. The summed E-state index contributed by atoms with van der Waals surface area (Å²) in [4.78, 5) is 0. The van der Waals surface area contributed by atoms with Gasteiger partial charge in [0.05, 0.1) is 0 Å². The van der Waals surface area contributed by atoms with Crippen LogP contribution in [0.3, 0.4) is 0 Å². The van der Waals surface area contributed by atoms with Gasteiger partial charge in [0.25, 0.3) is 0 Å². The van der Waals surface area contributed by atoms with Gasteiger partial charge in [-0.2, -0.15) is 0 Å². The summed E-state index contributed by atoms with van der Waals surface area (Å²) in [6.07, 6.45) is 0. The summed E-state index contributed by atoms with van der Waals surface area (Å²) in [6, 6.07) is 12.5. The van der Waals surface area contributed by atoms with E-state index in [4.69, 9.17) is 4.42 Å². The quantitative estimate of drug-likeness (QED) is 0.525. The molecule has 0 atom stereocenters. The molecular formula is C14H12O. The molecule has 74 valence electrons. The number of furan rings is 1. The topological polar surface area (TPSA) is 13.1 Å². The zero-order valence-corrected chi connectivity index (χ0v) is 8.87. The maximum Gasteiger partial charge on any atom is 0.135 e. The van der Waals surface area contributed by atoms with E-state index in [1.165, 1.54) is 21.9 Å². The molecule has 1 aromatic heterocycles. The molecule has 0 spiro atoms. The second-order valence-electron chi connectivity index (χ2n) is 4.05.